The van der Waals surface area contributed by atoms with Crippen LogP contribution in [-0.2, 0) is 4.79 Å². The van der Waals surface area contributed by atoms with Gasteiger partial charge in [-0.1, -0.05) is 13.0 Å². The van der Waals surface area contributed by atoms with E-state index >= 15 is 0 Å². The van der Waals surface area contributed by atoms with Crippen LogP contribution in [0.15, 0.2) is 18.2 Å². The van der Waals surface area contributed by atoms with Crippen LogP contribution in [0.2, 0.25) is 0 Å². The molecule has 5 nitrogen and oxygen atoms in total. The summed E-state index contributed by atoms with van der Waals surface area (Å²) in [4.78, 5) is 23.0. The highest BCUT2D eigenvalue weighted by Gasteiger charge is 2.30. The highest BCUT2D eigenvalue weighted by molar-refractivity contribution is 6.02. The summed E-state index contributed by atoms with van der Waals surface area (Å²) in [6.45, 7) is 2.68. The number of halogens is 1. The minimum atomic E-state index is -1.40. The van der Waals surface area contributed by atoms with Crippen molar-refractivity contribution in [2.75, 3.05) is 11.9 Å². The molecular weight excluding hydrogens is 251 g/mol. The first kappa shape index (κ1) is 13.5. The number of carboxylic acids is 1. The fraction of sp³-hybridized carbons (Fsp3) is 0.385. The third kappa shape index (κ3) is 2.73. The first-order chi connectivity index (χ1) is 9.00. The molecule has 1 fully saturated rings. The van der Waals surface area contributed by atoms with Gasteiger partial charge in [0.25, 0.3) is 0 Å². The number of carbonyl (C=O) groups excluding carboxylic acids is 1. The quantitative estimate of drug-likeness (QED) is 0.774. The maximum absolute atomic E-state index is 13.5. The van der Waals surface area contributed by atoms with Crippen molar-refractivity contribution < 1.29 is 19.1 Å². The monoisotopic (exact) mass is 266 g/mol. The number of aromatic carboxylic acids is 1. The van der Waals surface area contributed by atoms with Gasteiger partial charge in [-0.05, 0) is 31.0 Å². The normalized spacial score (nSPS) is 22.2. The van der Waals surface area contributed by atoms with E-state index in [1.807, 2.05) is 6.92 Å². The van der Waals surface area contributed by atoms with Crippen LogP contribution in [0, 0.1) is 11.7 Å². The van der Waals surface area contributed by atoms with Gasteiger partial charge in [-0.25, -0.2) is 9.18 Å². The highest BCUT2D eigenvalue weighted by atomic mass is 19.1. The SMILES string of the molecule is CC1CCNC1C(=O)Nc1cccc(F)c1C(=O)O. The number of nitrogens with one attached hydrogen (secondary N) is 2. The van der Waals surface area contributed by atoms with Crippen LogP contribution in [0.5, 0.6) is 0 Å². The van der Waals surface area contributed by atoms with E-state index in [9.17, 15) is 14.0 Å². The number of amides is 1. The zero-order chi connectivity index (χ0) is 14.0. The van der Waals surface area contributed by atoms with E-state index in [4.69, 9.17) is 5.11 Å². The molecule has 2 unspecified atom stereocenters. The topological polar surface area (TPSA) is 78.4 Å². The number of hydrogen-bond acceptors (Lipinski definition) is 3. The van der Waals surface area contributed by atoms with Crippen molar-refractivity contribution in [3.8, 4) is 0 Å². The maximum atomic E-state index is 13.5. The molecule has 102 valence electrons. The van der Waals surface area contributed by atoms with Gasteiger partial charge < -0.3 is 15.7 Å². The van der Waals surface area contributed by atoms with Crippen LogP contribution in [0.4, 0.5) is 10.1 Å². The van der Waals surface area contributed by atoms with Gasteiger partial charge >= 0.3 is 5.97 Å². The van der Waals surface area contributed by atoms with Crippen LogP contribution in [-0.4, -0.2) is 29.6 Å². The Labute approximate surface area is 109 Å². The molecule has 19 heavy (non-hydrogen) atoms. The first-order valence-corrected chi connectivity index (χ1v) is 6.06. The Kier molecular flexibility index (Phi) is 3.80. The molecule has 0 aromatic heterocycles. The predicted octanol–water partition coefficient (Wildman–Crippen LogP) is 1.46. The molecule has 1 amide bonds. The summed E-state index contributed by atoms with van der Waals surface area (Å²) in [6, 6.07) is 3.42. The summed E-state index contributed by atoms with van der Waals surface area (Å²) in [6.07, 6.45) is 0.882. The van der Waals surface area contributed by atoms with Gasteiger partial charge in [-0.15, -0.1) is 0 Å². The molecule has 0 aliphatic carbocycles. The zero-order valence-corrected chi connectivity index (χ0v) is 10.4. The van der Waals surface area contributed by atoms with Gasteiger partial charge in [0.2, 0.25) is 5.91 Å². The van der Waals surface area contributed by atoms with Gasteiger partial charge in [0.1, 0.15) is 11.4 Å². The first-order valence-electron chi connectivity index (χ1n) is 6.06. The highest BCUT2D eigenvalue weighted by Crippen LogP contribution is 2.21. The molecule has 1 heterocycles. The molecule has 1 aliphatic heterocycles. The lowest BCUT2D eigenvalue weighted by atomic mass is 10.0. The van der Waals surface area contributed by atoms with Crippen LogP contribution < -0.4 is 10.6 Å². The zero-order valence-electron chi connectivity index (χ0n) is 10.4. The van der Waals surface area contributed by atoms with E-state index in [1.165, 1.54) is 12.1 Å². The summed E-state index contributed by atoms with van der Waals surface area (Å²) in [5.41, 5.74) is -0.528. The summed E-state index contributed by atoms with van der Waals surface area (Å²) in [5, 5.41) is 14.5. The van der Waals surface area contributed by atoms with Gasteiger partial charge in [0, 0.05) is 0 Å². The second-order valence-electron chi connectivity index (χ2n) is 4.65. The van der Waals surface area contributed by atoms with E-state index in [0.717, 1.165) is 19.0 Å². The number of carboxylic acid groups (broad SMARTS) is 1. The van der Waals surface area contributed by atoms with Crippen molar-refractivity contribution in [1.82, 2.24) is 5.32 Å². The third-order valence-electron chi connectivity index (χ3n) is 3.30. The van der Waals surface area contributed by atoms with Gasteiger partial charge in [0.15, 0.2) is 0 Å². The molecule has 1 saturated heterocycles. The van der Waals surface area contributed by atoms with E-state index in [0.29, 0.717) is 0 Å². The Morgan fingerprint density at radius 3 is 2.79 bits per heavy atom. The predicted molar refractivity (Wildman–Crippen MR) is 67.6 cm³/mol. The molecular formula is C13H15FN2O3. The third-order valence-corrected chi connectivity index (χ3v) is 3.30. The number of anilines is 1. The molecule has 6 heteroatoms. The molecule has 0 bridgehead atoms. The lowest BCUT2D eigenvalue weighted by Gasteiger charge is -2.16. The van der Waals surface area contributed by atoms with Crippen LogP contribution >= 0.6 is 0 Å². The fourth-order valence-electron chi connectivity index (χ4n) is 2.24. The van der Waals surface area contributed by atoms with Crippen LogP contribution in [0.25, 0.3) is 0 Å². The second-order valence-corrected chi connectivity index (χ2v) is 4.65. The average Bonchev–Trinajstić information content (AvgIpc) is 2.75. The Morgan fingerprint density at radius 1 is 1.47 bits per heavy atom. The van der Waals surface area contributed by atoms with Crippen molar-refractivity contribution in [2.24, 2.45) is 5.92 Å². The molecule has 0 saturated carbocycles. The van der Waals surface area contributed by atoms with Crippen molar-refractivity contribution in [3.05, 3.63) is 29.6 Å². The Bertz CT molecular complexity index is 519. The van der Waals surface area contributed by atoms with Crippen molar-refractivity contribution in [3.63, 3.8) is 0 Å². The number of benzene rings is 1. The Morgan fingerprint density at radius 2 is 2.21 bits per heavy atom. The van der Waals surface area contributed by atoms with Crippen molar-refractivity contribution in [1.29, 1.82) is 0 Å². The van der Waals surface area contributed by atoms with Crippen molar-refractivity contribution in [2.45, 2.75) is 19.4 Å². The summed E-state index contributed by atoms with van der Waals surface area (Å²) in [5.74, 6) is -2.43. The lowest BCUT2D eigenvalue weighted by Crippen LogP contribution is -2.39. The van der Waals surface area contributed by atoms with E-state index in [2.05, 4.69) is 10.6 Å². The molecule has 3 N–H and O–H groups in total. The largest absolute Gasteiger partial charge is 0.478 e. The van der Waals surface area contributed by atoms with Gasteiger partial charge in [-0.2, -0.15) is 0 Å². The van der Waals surface area contributed by atoms with E-state index in [-0.39, 0.29) is 23.6 Å². The summed E-state index contributed by atoms with van der Waals surface area (Å²) < 4.78 is 13.5. The van der Waals surface area contributed by atoms with E-state index in [1.54, 1.807) is 0 Å². The minimum Gasteiger partial charge on any atom is -0.478 e. The molecule has 1 aromatic carbocycles. The van der Waals surface area contributed by atoms with Gasteiger partial charge in [0.05, 0.1) is 11.7 Å². The molecule has 1 aromatic rings. The smallest absolute Gasteiger partial charge is 0.340 e. The Balaban J connectivity index is 2.21. The summed E-state index contributed by atoms with van der Waals surface area (Å²) in [7, 11) is 0. The lowest BCUT2D eigenvalue weighted by molar-refractivity contribution is -0.118. The average molecular weight is 266 g/mol. The summed E-state index contributed by atoms with van der Waals surface area (Å²) >= 11 is 0. The molecule has 2 rings (SSSR count). The second kappa shape index (κ2) is 5.36. The molecule has 2 atom stereocenters. The number of rotatable bonds is 3. The van der Waals surface area contributed by atoms with Crippen LogP contribution in [0.1, 0.15) is 23.7 Å². The fourth-order valence-corrected chi connectivity index (χ4v) is 2.24. The number of hydrogen-bond donors (Lipinski definition) is 3. The molecule has 0 radical (unpaired) electrons. The Hall–Kier alpha value is -1.95. The van der Waals surface area contributed by atoms with Crippen molar-refractivity contribution >= 4 is 17.6 Å². The molecule has 0 spiro atoms. The molecule has 1 aliphatic rings. The van der Waals surface area contributed by atoms with Crippen LogP contribution in [0.3, 0.4) is 0 Å². The minimum absolute atomic E-state index is 0.0154. The van der Waals surface area contributed by atoms with Gasteiger partial charge in [-0.3, -0.25) is 4.79 Å². The number of carbonyl (C=O) groups is 2. The van der Waals surface area contributed by atoms with E-state index < -0.39 is 17.3 Å². The standard InChI is InChI=1S/C13H15FN2O3/c1-7-5-6-15-11(7)12(17)16-9-4-2-3-8(14)10(9)13(18)19/h2-4,7,11,15H,5-6H2,1H3,(H,16,17)(H,18,19). The maximum Gasteiger partial charge on any atom is 0.340 e.